The van der Waals surface area contributed by atoms with Crippen LogP contribution < -0.4 is 0 Å². The maximum absolute atomic E-state index is 11.7. The molecule has 3 aromatic rings. The van der Waals surface area contributed by atoms with E-state index in [2.05, 4.69) is 20.1 Å². The minimum absolute atomic E-state index is 0. The molecule has 13 nitrogen and oxygen atoms in total. The molecule has 0 aliphatic carbocycles. The zero-order chi connectivity index (χ0) is 27.9. The zero-order valence-electron chi connectivity index (χ0n) is 22.7. The van der Waals surface area contributed by atoms with Crippen molar-refractivity contribution < 1.29 is 56.7 Å². The van der Waals surface area contributed by atoms with E-state index in [0.717, 1.165) is 28.5 Å². The van der Waals surface area contributed by atoms with Crippen LogP contribution in [0.4, 0.5) is 0 Å². The molecule has 1 fully saturated rings. The summed E-state index contributed by atoms with van der Waals surface area (Å²) >= 11 is 0. The van der Waals surface area contributed by atoms with Gasteiger partial charge in [-0.05, 0) is 24.3 Å². The smallest absolute Gasteiger partial charge is 0.317 e. The van der Waals surface area contributed by atoms with E-state index in [-0.39, 0.29) is 50.0 Å². The van der Waals surface area contributed by atoms with Gasteiger partial charge in [0.1, 0.15) is 5.69 Å². The van der Waals surface area contributed by atoms with Crippen LogP contribution >= 0.6 is 0 Å². The van der Waals surface area contributed by atoms with Gasteiger partial charge in [0.15, 0.2) is 0 Å². The van der Waals surface area contributed by atoms with E-state index in [0.29, 0.717) is 72.0 Å². The molecule has 227 valence electrons. The van der Waals surface area contributed by atoms with E-state index in [4.69, 9.17) is 9.97 Å². The van der Waals surface area contributed by atoms with Crippen molar-refractivity contribution >= 4 is 11.9 Å². The minimum Gasteiger partial charge on any atom is -0.480 e. The van der Waals surface area contributed by atoms with Crippen molar-refractivity contribution in [3.63, 3.8) is 0 Å². The van der Waals surface area contributed by atoms with Gasteiger partial charge in [-0.25, -0.2) is 9.67 Å². The normalized spacial score (nSPS) is 20.8. The number of rotatable bonds is 4. The number of pyridine rings is 2. The van der Waals surface area contributed by atoms with Crippen molar-refractivity contribution in [3.8, 4) is 11.4 Å². The van der Waals surface area contributed by atoms with Crippen molar-refractivity contribution in [2.45, 2.75) is 19.6 Å². The standard InChI is InChI=1S/C27H35N9O4.Lu/c37-26(38)19-34-11-7-32-8-12-35(20-27(39)40)14-10-33(9-13-34)17-22-5-2-6-24(30-22)25-15-28-31-36(25)18-23-4-1-3-21(16-32)29-23;/h1-6,15H,7-14,16-20H2,(H,37,38)(H,39,40);. The third kappa shape index (κ3) is 9.22. The molecule has 0 unspecified atom stereocenters. The number of nitrogens with zero attached hydrogens (tertiary/aromatic N) is 9. The summed E-state index contributed by atoms with van der Waals surface area (Å²) in [6, 6.07) is 11.8. The molecule has 2 N–H and O–H groups in total. The van der Waals surface area contributed by atoms with Gasteiger partial charge in [0.05, 0.1) is 48.6 Å². The monoisotopic (exact) mass is 724 g/mol. The summed E-state index contributed by atoms with van der Waals surface area (Å²) in [6.45, 7) is 6.31. The first-order valence-corrected chi connectivity index (χ1v) is 13.5. The summed E-state index contributed by atoms with van der Waals surface area (Å²) < 4.78 is 1.81. The molecule has 41 heavy (non-hydrogen) atoms. The molecule has 0 saturated carbocycles. The van der Waals surface area contributed by atoms with Crippen molar-refractivity contribution in [3.05, 3.63) is 59.7 Å². The van der Waals surface area contributed by atoms with E-state index in [1.165, 1.54) is 0 Å². The van der Waals surface area contributed by atoms with Gasteiger partial charge in [-0.2, -0.15) is 0 Å². The molecule has 1 radical (unpaired) electrons. The maximum atomic E-state index is 11.7. The Morgan fingerprint density at radius 1 is 0.683 bits per heavy atom. The van der Waals surface area contributed by atoms with Crippen LogP contribution in [0.1, 0.15) is 17.1 Å². The van der Waals surface area contributed by atoms with Crippen LogP contribution in [0.15, 0.2) is 42.6 Å². The first-order chi connectivity index (χ1) is 19.4. The van der Waals surface area contributed by atoms with Crippen LogP contribution in [0.3, 0.4) is 0 Å². The average Bonchev–Trinajstić information content (AvgIpc) is 3.37. The SMILES string of the molecule is O=C(O)CN1CCN2CCN(CC(=O)O)CCN(CC1)Cc1cccc(n1)-c1cnnn1Cc1cccc(n1)C2.[Lu]. The van der Waals surface area contributed by atoms with Crippen molar-refractivity contribution in [1.29, 1.82) is 0 Å². The molecule has 6 heterocycles. The van der Waals surface area contributed by atoms with Crippen molar-refractivity contribution in [2.24, 2.45) is 0 Å². The van der Waals surface area contributed by atoms with E-state index in [1.54, 1.807) is 6.20 Å². The summed E-state index contributed by atoms with van der Waals surface area (Å²) in [6.07, 6.45) is 1.71. The Kier molecular flexibility index (Phi) is 11.5. The van der Waals surface area contributed by atoms with E-state index in [9.17, 15) is 19.8 Å². The summed E-state index contributed by atoms with van der Waals surface area (Å²) in [5.74, 6) is -1.71. The molecule has 0 atom stereocenters. The van der Waals surface area contributed by atoms with Crippen LogP contribution in [0.25, 0.3) is 11.4 Å². The second kappa shape index (κ2) is 15.1. The Hall–Kier alpha value is -2.55. The molecule has 6 rings (SSSR count). The quantitative estimate of drug-likeness (QED) is 0.379. The largest absolute Gasteiger partial charge is 0.480 e. The fraction of sp³-hybridized carbons (Fsp3) is 0.481. The van der Waals surface area contributed by atoms with Gasteiger partial charge in [-0.1, -0.05) is 17.3 Å². The fourth-order valence-corrected chi connectivity index (χ4v) is 5.19. The van der Waals surface area contributed by atoms with E-state index < -0.39 is 11.9 Å². The molecule has 0 aromatic carbocycles. The average molecular weight is 725 g/mol. The van der Waals surface area contributed by atoms with Crippen LogP contribution in [-0.2, 0) is 29.2 Å². The topological polar surface area (TPSA) is 144 Å². The van der Waals surface area contributed by atoms with Gasteiger partial charge >= 0.3 is 11.9 Å². The van der Waals surface area contributed by atoms with Crippen LogP contribution in [0, 0.1) is 36.9 Å². The third-order valence-electron chi connectivity index (χ3n) is 7.28. The first-order valence-electron chi connectivity index (χ1n) is 13.5. The number of aromatic nitrogens is 5. The number of aliphatic carboxylic acids is 2. The van der Waals surface area contributed by atoms with Crippen LogP contribution in [0.5, 0.6) is 0 Å². The van der Waals surface area contributed by atoms with E-state index >= 15 is 0 Å². The minimum atomic E-state index is -0.853. The molecular formula is C27H35LuN9O4. The van der Waals surface area contributed by atoms with Crippen molar-refractivity contribution in [1.82, 2.24) is 44.6 Å². The molecule has 0 spiro atoms. The molecule has 3 aliphatic heterocycles. The Bertz CT molecular complexity index is 1290. The number of fused-ring (bicyclic) bond motifs is 8. The molecule has 14 heteroatoms. The second-order valence-corrected chi connectivity index (χ2v) is 10.3. The van der Waals surface area contributed by atoms with Gasteiger partial charge in [-0.15, -0.1) is 5.10 Å². The Labute approximate surface area is 267 Å². The van der Waals surface area contributed by atoms with Crippen LogP contribution in [-0.4, -0.2) is 132 Å². The summed E-state index contributed by atoms with van der Waals surface area (Å²) in [4.78, 5) is 41.5. The van der Waals surface area contributed by atoms with E-state index in [1.807, 2.05) is 50.9 Å². The summed E-state index contributed by atoms with van der Waals surface area (Å²) in [5.41, 5.74) is 4.14. The number of carbonyl (C=O) groups is 2. The molecule has 0 amide bonds. The maximum Gasteiger partial charge on any atom is 0.317 e. The zero-order valence-corrected chi connectivity index (χ0v) is 24.4. The third-order valence-corrected chi connectivity index (χ3v) is 7.28. The predicted molar refractivity (Wildman–Crippen MR) is 145 cm³/mol. The van der Waals surface area contributed by atoms with Gasteiger partial charge in [0.2, 0.25) is 0 Å². The van der Waals surface area contributed by atoms with Gasteiger partial charge in [-0.3, -0.25) is 34.2 Å². The van der Waals surface area contributed by atoms with Gasteiger partial charge in [0.25, 0.3) is 0 Å². The number of hydrogen-bond donors (Lipinski definition) is 2. The Morgan fingerprint density at radius 3 is 1.71 bits per heavy atom. The second-order valence-electron chi connectivity index (χ2n) is 10.3. The number of carboxylic acid groups (broad SMARTS) is 2. The summed E-state index contributed by atoms with van der Waals surface area (Å²) in [7, 11) is 0. The predicted octanol–water partition coefficient (Wildman–Crippen LogP) is 0.188. The van der Waals surface area contributed by atoms with Gasteiger partial charge < -0.3 is 10.2 Å². The Balaban J connectivity index is 0.00000387. The molecule has 3 aromatic heterocycles. The Morgan fingerprint density at radius 2 is 1.17 bits per heavy atom. The number of hydrogen-bond acceptors (Lipinski definition) is 10. The molecular weight excluding hydrogens is 689 g/mol. The van der Waals surface area contributed by atoms with Gasteiger partial charge in [0, 0.05) is 102 Å². The number of carboxylic acids is 2. The molecule has 6 bridgehead atoms. The molecule has 3 aliphatic rings. The summed E-state index contributed by atoms with van der Waals surface area (Å²) in [5, 5.41) is 27.6. The fourth-order valence-electron chi connectivity index (χ4n) is 5.19. The van der Waals surface area contributed by atoms with Crippen LogP contribution in [0.2, 0.25) is 0 Å². The molecule has 1 saturated heterocycles. The first kappa shape index (κ1) is 31.4. The van der Waals surface area contributed by atoms with Crippen molar-refractivity contribution in [2.75, 3.05) is 65.4 Å².